The lowest BCUT2D eigenvalue weighted by Crippen LogP contribution is -2.35. The number of hydrogen-bond donors (Lipinski definition) is 2. The van der Waals surface area contributed by atoms with Crippen LogP contribution in [0.4, 0.5) is 9.59 Å². The van der Waals surface area contributed by atoms with Gasteiger partial charge in [-0.15, -0.1) is 23.7 Å². The van der Waals surface area contributed by atoms with E-state index in [0.717, 1.165) is 51.4 Å². The van der Waals surface area contributed by atoms with Crippen molar-refractivity contribution in [3.8, 4) is 23.7 Å². The minimum atomic E-state index is -0.419. The van der Waals surface area contributed by atoms with E-state index in [1.165, 1.54) is 0 Å². The van der Waals surface area contributed by atoms with Crippen LogP contribution >= 0.6 is 0 Å². The Morgan fingerprint density at radius 3 is 1.30 bits per heavy atom. The molecule has 0 aromatic rings. The predicted octanol–water partition coefficient (Wildman–Crippen LogP) is 3.32. The van der Waals surface area contributed by atoms with Crippen molar-refractivity contribution in [2.24, 2.45) is 35.5 Å². The Hall–Kier alpha value is -2.34. The zero-order valence-corrected chi connectivity index (χ0v) is 17.6. The Bertz CT molecular complexity index is 659. The normalized spacial score (nSPS) is 33.1. The molecule has 30 heavy (non-hydrogen) atoms. The summed E-state index contributed by atoms with van der Waals surface area (Å²) in [6.07, 6.45) is 7.49. The van der Waals surface area contributed by atoms with Gasteiger partial charge in [-0.2, -0.15) is 0 Å². The van der Waals surface area contributed by atoms with Crippen LogP contribution in [-0.2, 0) is 9.47 Å². The molecule has 4 unspecified atom stereocenters. The molecule has 0 aromatic carbocycles. The van der Waals surface area contributed by atoms with E-state index in [1.807, 2.05) is 0 Å². The van der Waals surface area contributed by atoms with Gasteiger partial charge in [0.05, 0.1) is 13.2 Å². The molecule has 0 bridgehead atoms. The summed E-state index contributed by atoms with van der Waals surface area (Å²) in [4.78, 5) is 23.7. The fraction of sp³-hybridized carbons (Fsp3) is 0.750. The van der Waals surface area contributed by atoms with Crippen molar-refractivity contribution in [1.29, 1.82) is 0 Å². The zero-order valence-electron chi connectivity index (χ0n) is 17.6. The number of amides is 2. The van der Waals surface area contributed by atoms with E-state index in [9.17, 15) is 9.59 Å². The molecule has 2 saturated carbocycles. The van der Waals surface area contributed by atoms with Gasteiger partial charge in [-0.25, -0.2) is 9.59 Å². The van der Waals surface area contributed by atoms with Crippen LogP contribution < -0.4 is 10.6 Å². The highest BCUT2D eigenvalue weighted by Crippen LogP contribution is 2.53. The summed E-state index contributed by atoms with van der Waals surface area (Å²) in [6.45, 7) is 1.60. The molecule has 0 radical (unpaired) electrons. The molecule has 4 aliphatic carbocycles. The lowest BCUT2D eigenvalue weighted by atomic mass is 10.1. The lowest BCUT2D eigenvalue weighted by Gasteiger charge is -2.09. The van der Waals surface area contributed by atoms with E-state index >= 15 is 0 Å². The average Bonchev–Trinajstić information content (AvgIpc) is 3.55. The van der Waals surface area contributed by atoms with E-state index in [0.29, 0.717) is 61.8 Å². The highest BCUT2D eigenvalue weighted by molar-refractivity contribution is 5.68. The van der Waals surface area contributed by atoms with Crippen LogP contribution in [0.15, 0.2) is 0 Å². The molecule has 0 spiro atoms. The smallest absolute Gasteiger partial charge is 0.407 e. The summed E-state index contributed by atoms with van der Waals surface area (Å²) in [5, 5.41) is 5.38. The number of rotatable bonds is 7. The Morgan fingerprint density at radius 2 is 0.967 bits per heavy atom. The molecular formula is C24H32N2O4. The van der Waals surface area contributed by atoms with E-state index in [2.05, 4.69) is 34.3 Å². The minimum Gasteiger partial charge on any atom is -0.449 e. The zero-order chi connectivity index (χ0) is 20.8. The first-order chi connectivity index (χ1) is 14.7. The van der Waals surface area contributed by atoms with Crippen LogP contribution in [0.25, 0.3) is 0 Å². The van der Waals surface area contributed by atoms with Gasteiger partial charge in [-0.1, -0.05) is 0 Å². The van der Waals surface area contributed by atoms with Gasteiger partial charge >= 0.3 is 12.2 Å². The summed E-state index contributed by atoms with van der Waals surface area (Å²) >= 11 is 0. The van der Waals surface area contributed by atoms with Gasteiger partial charge in [-0.3, -0.25) is 0 Å². The molecule has 2 amide bonds. The number of fused-ring (bicyclic) bond motifs is 2. The van der Waals surface area contributed by atoms with Gasteiger partial charge in [0.25, 0.3) is 0 Å². The average molecular weight is 413 g/mol. The molecule has 2 N–H and O–H groups in total. The van der Waals surface area contributed by atoms with E-state index in [-0.39, 0.29) is 0 Å². The Balaban J connectivity index is 1.01. The van der Waals surface area contributed by atoms with Crippen molar-refractivity contribution in [3.63, 3.8) is 0 Å². The molecule has 0 aromatic heterocycles. The summed E-state index contributed by atoms with van der Waals surface area (Å²) in [6, 6.07) is 0. The molecular weight excluding hydrogens is 380 g/mol. The van der Waals surface area contributed by atoms with Crippen molar-refractivity contribution in [1.82, 2.24) is 10.6 Å². The second kappa shape index (κ2) is 10.1. The molecule has 4 rings (SSSR count). The second-order valence-electron chi connectivity index (χ2n) is 8.90. The monoisotopic (exact) mass is 412 g/mol. The Morgan fingerprint density at radius 1 is 0.633 bits per heavy atom. The van der Waals surface area contributed by atoms with Crippen LogP contribution in [0.1, 0.15) is 51.4 Å². The molecule has 2 fully saturated rings. The summed E-state index contributed by atoms with van der Waals surface area (Å²) in [5.74, 6) is 16.4. The van der Waals surface area contributed by atoms with Crippen molar-refractivity contribution in [2.75, 3.05) is 26.3 Å². The highest BCUT2D eigenvalue weighted by Gasteiger charge is 2.50. The summed E-state index contributed by atoms with van der Waals surface area (Å²) in [7, 11) is 0. The minimum absolute atomic E-state index is 0.325. The Kier molecular flexibility index (Phi) is 7.05. The van der Waals surface area contributed by atoms with Crippen LogP contribution in [-0.4, -0.2) is 38.5 Å². The van der Waals surface area contributed by atoms with Gasteiger partial charge in [-0.05, 0) is 61.2 Å². The molecule has 6 heteroatoms. The lowest BCUT2D eigenvalue weighted by molar-refractivity contribution is 0.133. The molecule has 0 heterocycles. The largest absolute Gasteiger partial charge is 0.449 e. The van der Waals surface area contributed by atoms with Gasteiger partial charge in [0.1, 0.15) is 0 Å². The Labute approximate surface area is 179 Å². The maximum absolute atomic E-state index is 11.9. The first kappa shape index (κ1) is 20.9. The third-order valence-corrected chi connectivity index (χ3v) is 7.16. The van der Waals surface area contributed by atoms with Crippen LogP contribution in [0.5, 0.6) is 0 Å². The van der Waals surface area contributed by atoms with Gasteiger partial charge in [0.15, 0.2) is 0 Å². The third kappa shape index (κ3) is 5.63. The molecule has 4 atom stereocenters. The number of hydrogen-bond acceptors (Lipinski definition) is 4. The first-order valence-corrected chi connectivity index (χ1v) is 11.5. The molecule has 0 aliphatic heterocycles. The van der Waals surface area contributed by atoms with Gasteiger partial charge in [0.2, 0.25) is 0 Å². The fourth-order valence-electron chi connectivity index (χ4n) is 5.34. The molecule has 4 aliphatic rings. The SMILES string of the molecule is O=C(NCCNC(=O)OCC1C2CCC#CCCC21)OCC1C2CCC#CCCC21. The van der Waals surface area contributed by atoms with E-state index in [4.69, 9.17) is 9.47 Å². The topological polar surface area (TPSA) is 76.7 Å². The van der Waals surface area contributed by atoms with Crippen molar-refractivity contribution in [2.45, 2.75) is 51.4 Å². The van der Waals surface area contributed by atoms with Crippen LogP contribution in [0.3, 0.4) is 0 Å². The van der Waals surface area contributed by atoms with Crippen molar-refractivity contribution in [3.05, 3.63) is 0 Å². The van der Waals surface area contributed by atoms with Crippen LogP contribution in [0, 0.1) is 59.2 Å². The number of ether oxygens (including phenoxy) is 2. The molecule has 162 valence electrons. The van der Waals surface area contributed by atoms with Crippen LogP contribution in [0.2, 0.25) is 0 Å². The van der Waals surface area contributed by atoms with E-state index in [1.54, 1.807) is 0 Å². The van der Waals surface area contributed by atoms with E-state index < -0.39 is 12.2 Å². The summed E-state index contributed by atoms with van der Waals surface area (Å²) < 4.78 is 10.7. The molecule has 0 saturated heterocycles. The van der Waals surface area contributed by atoms with Gasteiger partial charge in [0, 0.05) is 38.8 Å². The maximum atomic E-state index is 11.9. The first-order valence-electron chi connectivity index (χ1n) is 11.5. The predicted molar refractivity (Wildman–Crippen MR) is 112 cm³/mol. The summed E-state index contributed by atoms with van der Waals surface area (Å²) in [5.41, 5.74) is 0. The maximum Gasteiger partial charge on any atom is 0.407 e. The highest BCUT2D eigenvalue weighted by atomic mass is 16.6. The number of alkyl carbamates (subject to hydrolysis) is 2. The number of carbonyl (C=O) groups is 2. The fourth-order valence-corrected chi connectivity index (χ4v) is 5.34. The number of nitrogens with one attached hydrogen (secondary N) is 2. The third-order valence-electron chi connectivity index (χ3n) is 7.16. The molecule has 6 nitrogen and oxygen atoms in total. The standard InChI is InChI=1S/C24H32N2O4/c27-23(29-15-21-17-9-5-1-2-6-10-18(17)21)25-13-14-26-24(28)30-16-22-19-11-7-3-4-8-12-20(19)22/h17-22H,5-16H2,(H,25,27)(H,26,28). The van der Waals surface area contributed by atoms with Crippen molar-refractivity contribution >= 4 is 12.2 Å². The quantitative estimate of drug-likeness (QED) is 0.497. The van der Waals surface area contributed by atoms with Gasteiger partial charge < -0.3 is 20.1 Å². The second-order valence-corrected chi connectivity index (χ2v) is 8.90. The van der Waals surface area contributed by atoms with Crippen molar-refractivity contribution < 1.29 is 19.1 Å². The number of carbonyl (C=O) groups excluding carboxylic acids is 2.